The number of hydrogen-bond acceptors (Lipinski definition) is 1. The minimum absolute atomic E-state index is 0.160. The SMILES string of the molecule is N#Cc1ccc(/C=C(\F)P(c2ccccc2)c2ccccc2)cc1. The van der Waals surface area contributed by atoms with Crippen molar-refractivity contribution in [2.24, 2.45) is 0 Å². The highest BCUT2D eigenvalue weighted by molar-refractivity contribution is 7.76. The normalized spacial score (nSPS) is 11.3. The van der Waals surface area contributed by atoms with Gasteiger partial charge in [0, 0.05) is 7.92 Å². The third kappa shape index (κ3) is 3.77. The van der Waals surface area contributed by atoms with E-state index in [0.29, 0.717) is 5.56 Å². The van der Waals surface area contributed by atoms with E-state index in [-0.39, 0.29) is 5.57 Å². The van der Waals surface area contributed by atoms with Gasteiger partial charge in [-0.1, -0.05) is 72.8 Å². The third-order valence-corrected chi connectivity index (χ3v) is 5.75. The van der Waals surface area contributed by atoms with Crippen LogP contribution in [0.5, 0.6) is 0 Å². The van der Waals surface area contributed by atoms with Crippen molar-refractivity contribution < 1.29 is 4.39 Å². The van der Waals surface area contributed by atoms with E-state index < -0.39 is 7.92 Å². The largest absolute Gasteiger partial charge is 0.206 e. The van der Waals surface area contributed by atoms with Gasteiger partial charge in [-0.25, -0.2) is 4.39 Å². The second-order valence-electron chi connectivity index (χ2n) is 5.21. The minimum atomic E-state index is -1.22. The van der Waals surface area contributed by atoms with Crippen LogP contribution in [0.2, 0.25) is 0 Å². The summed E-state index contributed by atoms with van der Waals surface area (Å²) in [5.74, 6) is 0. The summed E-state index contributed by atoms with van der Waals surface area (Å²) in [5, 5.41) is 10.8. The lowest BCUT2D eigenvalue weighted by atomic mass is 10.1. The molecule has 0 spiro atoms. The van der Waals surface area contributed by atoms with Crippen LogP contribution in [0.3, 0.4) is 0 Å². The Labute approximate surface area is 142 Å². The van der Waals surface area contributed by atoms with Crippen molar-refractivity contribution >= 4 is 24.6 Å². The zero-order valence-electron chi connectivity index (χ0n) is 12.9. The fourth-order valence-electron chi connectivity index (χ4n) is 2.41. The average molecular weight is 331 g/mol. The molecule has 3 aromatic carbocycles. The molecule has 0 amide bonds. The molecule has 116 valence electrons. The quantitative estimate of drug-likeness (QED) is 0.620. The van der Waals surface area contributed by atoms with Gasteiger partial charge in [-0.05, 0) is 34.4 Å². The molecule has 0 atom stereocenters. The second kappa shape index (κ2) is 7.68. The van der Waals surface area contributed by atoms with Crippen LogP contribution >= 0.6 is 7.92 Å². The molecule has 3 rings (SSSR count). The van der Waals surface area contributed by atoms with Crippen LogP contribution in [0.25, 0.3) is 6.08 Å². The van der Waals surface area contributed by atoms with E-state index in [2.05, 4.69) is 6.07 Å². The summed E-state index contributed by atoms with van der Waals surface area (Å²) in [4.78, 5) is 0. The second-order valence-corrected chi connectivity index (χ2v) is 7.34. The van der Waals surface area contributed by atoms with Crippen molar-refractivity contribution in [2.45, 2.75) is 0 Å². The van der Waals surface area contributed by atoms with Crippen molar-refractivity contribution in [1.29, 1.82) is 5.26 Å². The summed E-state index contributed by atoms with van der Waals surface area (Å²) in [5.41, 5.74) is 1.17. The molecule has 0 heterocycles. The molecule has 0 saturated carbocycles. The predicted molar refractivity (Wildman–Crippen MR) is 99.3 cm³/mol. The summed E-state index contributed by atoms with van der Waals surface area (Å²) in [6.07, 6.45) is 1.56. The Bertz CT molecular complexity index is 826. The summed E-state index contributed by atoms with van der Waals surface area (Å²) >= 11 is 0. The zero-order chi connectivity index (χ0) is 16.8. The summed E-state index contributed by atoms with van der Waals surface area (Å²) in [6.45, 7) is 0. The molecule has 0 unspecified atom stereocenters. The first-order valence-electron chi connectivity index (χ1n) is 7.55. The molecule has 0 aliphatic rings. The smallest absolute Gasteiger partial charge is 0.132 e. The number of hydrogen-bond donors (Lipinski definition) is 0. The number of nitriles is 1. The Morgan fingerprint density at radius 1 is 0.792 bits per heavy atom. The van der Waals surface area contributed by atoms with Crippen LogP contribution in [0.4, 0.5) is 4.39 Å². The molecule has 0 fully saturated rings. The van der Waals surface area contributed by atoms with Gasteiger partial charge in [0.2, 0.25) is 0 Å². The predicted octanol–water partition coefficient (Wildman–Crippen LogP) is 4.96. The van der Waals surface area contributed by atoms with Crippen LogP contribution in [0.1, 0.15) is 11.1 Å². The van der Waals surface area contributed by atoms with Crippen LogP contribution < -0.4 is 10.6 Å². The molecular formula is C21H15FNP. The van der Waals surface area contributed by atoms with Crippen molar-refractivity contribution in [3.8, 4) is 6.07 Å². The maximum absolute atomic E-state index is 15.1. The van der Waals surface area contributed by atoms with Crippen molar-refractivity contribution in [1.82, 2.24) is 0 Å². The van der Waals surface area contributed by atoms with Crippen molar-refractivity contribution in [3.63, 3.8) is 0 Å². The van der Waals surface area contributed by atoms with Crippen LogP contribution in [-0.4, -0.2) is 0 Å². The minimum Gasteiger partial charge on any atom is -0.206 e. The lowest BCUT2D eigenvalue weighted by Crippen LogP contribution is -2.11. The zero-order valence-corrected chi connectivity index (χ0v) is 13.8. The molecule has 3 aromatic rings. The molecule has 0 saturated heterocycles. The van der Waals surface area contributed by atoms with Crippen LogP contribution in [-0.2, 0) is 0 Å². The Balaban J connectivity index is 2.01. The molecule has 0 aliphatic heterocycles. The average Bonchev–Trinajstić information content (AvgIpc) is 2.64. The van der Waals surface area contributed by atoms with E-state index in [1.54, 1.807) is 30.3 Å². The van der Waals surface area contributed by atoms with Gasteiger partial charge in [-0.15, -0.1) is 0 Å². The van der Waals surface area contributed by atoms with Crippen LogP contribution in [0.15, 0.2) is 90.5 Å². The molecule has 1 nitrogen and oxygen atoms in total. The van der Waals surface area contributed by atoms with Gasteiger partial charge in [0.25, 0.3) is 0 Å². The first-order chi connectivity index (χ1) is 11.8. The molecule has 0 radical (unpaired) electrons. The first-order valence-corrected chi connectivity index (χ1v) is 8.90. The molecule has 0 bridgehead atoms. The van der Waals surface area contributed by atoms with Crippen molar-refractivity contribution in [3.05, 3.63) is 102 Å². The maximum Gasteiger partial charge on any atom is 0.132 e. The Morgan fingerprint density at radius 3 is 1.75 bits per heavy atom. The number of rotatable bonds is 4. The summed E-state index contributed by atoms with van der Waals surface area (Å²) in [6, 6.07) is 28.5. The van der Waals surface area contributed by atoms with Crippen LogP contribution in [0, 0.1) is 11.3 Å². The van der Waals surface area contributed by atoms with E-state index in [1.807, 2.05) is 60.7 Å². The molecular weight excluding hydrogens is 316 g/mol. The van der Waals surface area contributed by atoms with Gasteiger partial charge in [-0.2, -0.15) is 5.26 Å². The van der Waals surface area contributed by atoms with E-state index in [9.17, 15) is 0 Å². The van der Waals surface area contributed by atoms with Crippen molar-refractivity contribution in [2.75, 3.05) is 0 Å². The van der Waals surface area contributed by atoms with E-state index in [0.717, 1.165) is 16.2 Å². The van der Waals surface area contributed by atoms with E-state index in [1.165, 1.54) is 0 Å². The summed E-state index contributed by atoms with van der Waals surface area (Å²) in [7, 11) is -1.22. The number of halogens is 1. The molecule has 3 heteroatoms. The molecule has 0 aromatic heterocycles. The van der Waals surface area contributed by atoms with Gasteiger partial charge in [-0.3, -0.25) is 0 Å². The number of nitrogens with zero attached hydrogens (tertiary/aromatic N) is 1. The Morgan fingerprint density at radius 2 is 1.29 bits per heavy atom. The number of benzene rings is 3. The highest BCUT2D eigenvalue weighted by atomic mass is 31.1. The lowest BCUT2D eigenvalue weighted by Gasteiger charge is -2.16. The van der Waals surface area contributed by atoms with Gasteiger partial charge in [0.15, 0.2) is 0 Å². The van der Waals surface area contributed by atoms with Gasteiger partial charge in [0.1, 0.15) is 5.57 Å². The lowest BCUT2D eigenvalue weighted by molar-refractivity contribution is 0.703. The topological polar surface area (TPSA) is 23.8 Å². The Hall–Kier alpha value is -2.75. The standard InChI is InChI=1S/C21H15FNP/c22-21(15-17-11-13-18(16-23)14-12-17)24(19-7-3-1-4-8-19)20-9-5-2-6-10-20/h1-15H/b21-15+. The first kappa shape index (κ1) is 16.1. The summed E-state index contributed by atoms with van der Waals surface area (Å²) < 4.78 is 15.1. The molecule has 0 aliphatic carbocycles. The van der Waals surface area contributed by atoms with Gasteiger partial charge >= 0.3 is 0 Å². The fraction of sp³-hybridized carbons (Fsp3) is 0. The third-order valence-electron chi connectivity index (χ3n) is 3.57. The van der Waals surface area contributed by atoms with Gasteiger partial charge < -0.3 is 0 Å². The maximum atomic E-state index is 15.1. The van der Waals surface area contributed by atoms with E-state index >= 15 is 4.39 Å². The molecule has 0 N–H and O–H groups in total. The fourth-order valence-corrected chi connectivity index (χ4v) is 4.42. The van der Waals surface area contributed by atoms with E-state index in [4.69, 9.17) is 5.26 Å². The van der Waals surface area contributed by atoms with Gasteiger partial charge in [0.05, 0.1) is 11.6 Å². The highest BCUT2D eigenvalue weighted by Crippen LogP contribution is 2.44. The Kier molecular flexibility index (Phi) is 5.16. The monoisotopic (exact) mass is 331 g/mol. The molecule has 24 heavy (non-hydrogen) atoms. The highest BCUT2D eigenvalue weighted by Gasteiger charge is 2.18.